The van der Waals surface area contributed by atoms with Gasteiger partial charge in [0.05, 0.1) is 0 Å². The van der Waals surface area contributed by atoms with Crippen molar-refractivity contribution in [3.05, 3.63) is 0 Å². The molecule has 0 aromatic heterocycles. The molecule has 0 aromatic rings. The summed E-state index contributed by atoms with van der Waals surface area (Å²) < 4.78 is 0. The topological polar surface area (TPSA) is 15.3 Å². The first kappa shape index (κ1) is 13.0. The Bertz CT molecular complexity index is 160. The second-order valence-electron chi connectivity index (χ2n) is 5.48. The van der Waals surface area contributed by atoms with Crippen molar-refractivity contribution in [3.63, 3.8) is 0 Å². The number of nitrogens with zero attached hydrogens (tertiary/aromatic N) is 1. The van der Waals surface area contributed by atoms with Gasteiger partial charge in [-0.05, 0) is 45.3 Å². The van der Waals surface area contributed by atoms with Crippen molar-refractivity contribution in [1.82, 2.24) is 10.2 Å². The van der Waals surface area contributed by atoms with Crippen LogP contribution in [0.5, 0.6) is 0 Å². The van der Waals surface area contributed by atoms with Gasteiger partial charge in [0, 0.05) is 13.1 Å². The number of hydrogen-bond donors (Lipinski definition) is 1. The summed E-state index contributed by atoms with van der Waals surface area (Å²) in [5, 5.41) is 3.62. The maximum atomic E-state index is 3.62. The Balaban J connectivity index is 2.42. The monoisotopic (exact) mass is 212 g/mol. The standard InChI is InChI=1S/C13H28N2/c1-4-10-14-11-13(12-15(2)3)8-6-5-7-9-13/h14H,4-12H2,1-3H3. The van der Waals surface area contributed by atoms with Crippen LogP contribution in [0.4, 0.5) is 0 Å². The summed E-state index contributed by atoms with van der Waals surface area (Å²) in [4.78, 5) is 2.36. The predicted molar refractivity (Wildman–Crippen MR) is 67.2 cm³/mol. The zero-order valence-corrected chi connectivity index (χ0v) is 10.8. The summed E-state index contributed by atoms with van der Waals surface area (Å²) in [6, 6.07) is 0. The van der Waals surface area contributed by atoms with Crippen molar-refractivity contribution in [3.8, 4) is 0 Å². The minimum absolute atomic E-state index is 0.566. The zero-order chi connectivity index (χ0) is 11.1. The van der Waals surface area contributed by atoms with Crippen LogP contribution in [0, 0.1) is 5.41 Å². The molecule has 0 radical (unpaired) electrons. The predicted octanol–water partition coefficient (Wildman–Crippen LogP) is 2.50. The van der Waals surface area contributed by atoms with Gasteiger partial charge in [0.25, 0.3) is 0 Å². The third-order valence-corrected chi connectivity index (χ3v) is 3.49. The summed E-state index contributed by atoms with van der Waals surface area (Å²) in [6.45, 7) is 5.89. The molecule has 1 N–H and O–H groups in total. The molecular formula is C13H28N2. The average molecular weight is 212 g/mol. The van der Waals surface area contributed by atoms with Crippen LogP contribution in [0.15, 0.2) is 0 Å². The van der Waals surface area contributed by atoms with Crippen LogP contribution >= 0.6 is 0 Å². The van der Waals surface area contributed by atoms with Crippen molar-refractivity contribution in [2.24, 2.45) is 5.41 Å². The molecule has 0 atom stereocenters. The van der Waals surface area contributed by atoms with E-state index in [0.29, 0.717) is 5.41 Å². The highest BCUT2D eigenvalue weighted by atomic mass is 15.1. The van der Waals surface area contributed by atoms with Crippen molar-refractivity contribution in [2.45, 2.75) is 45.4 Å². The van der Waals surface area contributed by atoms with E-state index in [4.69, 9.17) is 0 Å². The molecule has 90 valence electrons. The molecule has 15 heavy (non-hydrogen) atoms. The van der Waals surface area contributed by atoms with Crippen LogP contribution in [0.3, 0.4) is 0 Å². The van der Waals surface area contributed by atoms with E-state index in [9.17, 15) is 0 Å². The lowest BCUT2D eigenvalue weighted by Crippen LogP contribution is -2.43. The minimum Gasteiger partial charge on any atom is -0.316 e. The van der Waals surface area contributed by atoms with Gasteiger partial charge in [0.15, 0.2) is 0 Å². The molecule has 1 fully saturated rings. The summed E-state index contributed by atoms with van der Waals surface area (Å²) in [7, 11) is 4.41. The Kier molecular flexibility index (Phi) is 5.62. The van der Waals surface area contributed by atoms with Gasteiger partial charge in [-0.2, -0.15) is 0 Å². The Hall–Kier alpha value is -0.0800. The molecular weight excluding hydrogens is 184 g/mol. The first-order valence-corrected chi connectivity index (χ1v) is 6.54. The lowest BCUT2D eigenvalue weighted by atomic mass is 9.73. The maximum Gasteiger partial charge on any atom is 0.00440 e. The molecule has 2 nitrogen and oxygen atoms in total. The van der Waals surface area contributed by atoms with Crippen LogP contribution < -0.4 is 5.32 Å². The van der Waals surface area contributed by atoms with Gasteiger partial charge in [-0.15, -0.1) is 0 Å². The Morgan fingerprint density at radius 3 is 2.33 bits per heavy atom. The van der Waals surface area contributed by atoms with Crippen LogP contribution in [-0.2, 0) is 0 Å². The average Bonchev–Trinajstić information content (AvgIpc) is 2.18. The van der Waals surface area contributed by atoms with Gasteiger partial charge in [-0.25, -0.2) is 0 Å². The van der Waals surface area contributed by atoms with Crippen molar-refractivity contribution < 1.29 is 0 Å². The van der Waals surface area contributed by atoms with Crippen molar-refractivity contribution in [2.75, 3.05) is 33.7 Å². The molecule has 2 heteroatoms. The van der Waals surface area contributed by atoms with Gasteiger partial charge >= 0.3 is 0 Å². The first-order valence-electron chi connectivity index (χ1n) is 6.54. The first-order chi connectivity index (χ1) is 7.18. The molecule has 0 unspecified atom stereocenters. The molecule has 1 rings (SSSR count). The van der Waals surface area contributed by atoms with Gasteiger partial charge in [-0.1, -0.05) is 26.2 Å². The second-order valence-corrected chi connectivity index (χ2v) is 5.48. The fourth-order valence-corrected chi connectivity index (χ4v) is 2.89. The lowest BCUT2D eigenvalue weighted by Gasteiger charge is -2.39. The normalized spacial score (nSPS) is 20.8. The number of hydrogen-bond acceptors (Lipinski definition) is 2. The third-order valence-electron chi connectivity index (χ3n) is 3.49. The highest BCUT2D eigenvalue weighted by molar-refractivity contribution is 4.86. The molecule has 0 aliphatic heterocycles. The van der Waals surface area contributed by atoms with Crippen molar-refractivity contribution >= 4 is 0 Å². The summed E-state index contributed by atoms with van der Waals surface area (Å²) in [6.07, 6.45) is 8.40. The molecule has 0 aromatic carbocycles. The minimum atomic E-state index is 0.566. The largest absolute Gasteiger partial charge is 0.316 e. The third kappa shape index (κ3) is 4.52. The fraction of sp³-hybridized carbons (Fsp3) is 1.00. The van der Waals surface area contributed by atoms with Crippen LogP contribution in [-0.4, -0.2) is 38.6 Å². The zero-order valence-electron chi connectivity index (χ0n) is 10.8. The van der Waals surface area contributed by atoms with E-state index in [1.807, 2.05) is 0 Å². The van der Waals surface area contributed by atoms with E-state index < -0.39 is 0 Å². The number of rotatable bonds is 6. The van der Waals surface area contributed by atoms with Crippen LogP contribution in [0.25, 0.3) is 0 Å². The van der Waals surface area contributed by atoms with Gasteiger partial charge < -0.3 is 10.2 Å². The number of nitrogens with one attached hydrogen (secondary N) is 1. The SMILES string of the molecule is CCCNCC1(CN(C)C)CCCCC1. The summed E-state index contributed by atoms with van der Waals surface area (Å²) >= 11 is 0. The van der Waals surface area contributed by atoms with Gasteiger partial charge in [-0.3, -0.25) is 0 Å². The summed E-state index contributed by atoms with van der Waals surface area (Å²) in [5.41, 5.74) is 0.566. The molecule has 0 spiro atoms. The summed E-state index contributed by atoms with van der Waals surface area (Å²) in [5.74, 6) is 0. The molecule has 1 saturated carbocycles. The van der Waals surface area contributed by atoms with Gasteiger partial charge in [0.2, 0.25) is 0 Å². The smallest absolute Gasteiger partial charge is 0.00440 e. The lowest BCUT2D eigenvalue weighted by molar-refractivity contribution is 0.131. The highest BCUT2D eigenvalue weighted by Crippen LogP contribution is 2.36. The maximum absolute atomic E-state index is 3.62. The van der Waals surface area contributed by atoms with E-state index in [1.165, 1.54) is 58.2 Å². The molecule has 0 heterocycles. The molecule has 0 saturated heterocycles. The van der Waals surface area contributed by atoms with Gasteiger partial charge in [0.1, 0.15) is 0 Å². The molecule has 1 aliphatic carbocycles. The second kappa shape index (κ2) is 6.49. The Morgan fingerprint density at radius 1 is 1.13 bits per heavy atom. The van der Waals surface area contributed by atoms with E-state index in [-0.39, 0.29) is 0 Å². The molecule has 1 aliphatic rings. The Labute approximate surface area is 95.4 Å². The fourth-order valence-electron chi connectivity index (χ4n) is 2.89. The Morgan fingerprint density at radius 2 is 1.80 bits per heavy atom. The van der Waals surface area contributed by atoms with Crippen LogP contribution in [0.1, 0.15) is 45.4 Å². The van der Waals surface area contributed by atoms with Crippen LogP contribution in [0.2, 0.25) is 0 Å². The molecule has 0 amide bonds. The van der Waals surface area contributed by atoms with E-state index >= 15 is 0 Å². The van der Waals surface area contributed by atoms with E-state index in [0.717, 1.165) is 0 Å². The van der Waals surface area contributed by atoms with E-state index in [1.54, 1.807) is 0 Å². The van der Waals surface area contributed by atoms with E-state index in [2.05, 4.69) is 31.2 Å². The van der Waals surface area contributed by atoms with Crippen molar-refractivity contribution in [1.29, 1.82) is 0 Å². The molecule has 0 bridgehead atoms. The quantitative estimate of drug-likeness (QED) is 0.681. The highest BCUT2D eigenvalue weighted by Gasteiger charge is 2.31.